The second-order valence-corrected chi connectivity index (χ2v) is 4.09. The molecule has 0 saturated heterocycles. The van der Waals surface area contributed by atoms with Gasteiger partial charge in [0.25, 0.3) is 0 Å². The van der Waals surface area contributed by atoms with Gasteiger partial charge in [0, 0.05) is 4.90 Å². The van der Waals surface area contributed by atoms with Gasteiger partial charge in [-0.1, -0.05) is 24.6 Å². The van der Waals surface area contributed by atoms with E-state index in [9.17, 15) is 5.11 Å². The maximum Gasteiger partial charge on any atom is 0.0822 e. The molecule has 0 unspecified atom stereocenters. The highest BCUT2D eigenvalue weighted by Crippen LogP contribution is 2.18. The Balaban J connectivity index is 2.07. The van der Waals surface area contributed by atoms with Crippen LogP contribution in [0.2, 0.25) is 0 Å². The summed E-state index contributed by atoms with van der Waals surface area (Å²) >= 11 is 1.87. The van der Waals surface area contributed by atoms with E-state index < -0.39 is 0 Å². The zero-order chi connectivity index (χ0) is 9.36. The van der Waals surface area contributed by atoms with Crippen molar-refractivity contribution < 1.29 is 5.11 Å². The lowest BCUT2D eigenvalue weighted by Gasteiger charge is -1.99. The lowest BCUT2D eigenvalue weighted by atomic mass is 10.3. The summed E-state index contributed by atoms with van der Waals surface area (Å²) in [6, 6.07) is 10.4. The molecule has 0 fully saturated rings. The van der Waals surface area contributed by atoms with Crippen LogP contribution < -0.4 is 0 Å². The van der Waals surface area contributed by atoms with Crippen LogP contribution in [0.4, 0.5) is 0 Å². The molecule has 0 atom stereocenters. The third-order valence-electron chi connectivity index (χ3n) is 1.80. The molecule has 1 radical (unpaired) electrons. The summed E-state index contributed by atoms with van der Waals surface area (Å²) in [6.45, 7) is 0.0794. The summed E-state index contributed by atoms with van der Waals surface area (Å²) in [5.74, 6) is 1.13. The average Bonchev–Trinajstić information content (AvgIpc) is 2.19. The molecule has 0 saturated carbocycles. The first-order chi connectivity index (χ1) is 6.43. The molecule has 0 spiro atoms. The summed E-state index contributed by atoms with van der Waals surface area (Å²) in [4.78, 5) is 1.32. The Morgan fingerprint density at radius 1 is 1.00 bits per heavy atom. The quantitative estimate of drug-likeness (QED) is 0.503. The maximum atomic E-state index is 10.2. The van der Waals surface area contributed by atoms with E-state index in [4.69, 9.17) is 0 Å². The van der Waals surface area contributed by atoms with E-state index in [0.717, 1.165) is 25.0 Å². The van der Waals surface area contributed by atoms with Crippen LogP contribution >= 0.6 is 11.8 Å². The summed E-state index contributed by atoms with van der Waals surface area (Å²) in [5.41, 5.74) is 0. The SMILES string of the molecule is [O]CCCCCSc1ccccc1. The molecule has 1 nitrogen and oxygen atoms in total. The molecule has 0 heterocycles. The van der Waals surface area contributed by atoms with Crippen molar-refractivity contribution in [1.29, 1.82) is 0 Å². The molecule has 0 aromatic heterocycles. The molecular weight excluding hydrogens is 180 g/mol. The van der Waals surface area contributed by atoms with Crippen molar-refractivity contribution in [2.75, 3.05) is 12.4 Å². The summed E-state index contributed by atoms with van der Waals surface area (Å²) in [7, 11) is 0. The van der Waals surface area contributed by atoms with E-state index in [0.29, 0.717) is 0 Å². The van der Waals surface area contributed by atoms with Crippen molar-refractivity contribution in [2.45, 2.75) is 24.2 Å². The summed E-state index contributed by atoms with van der Waals surface area (Å²) in [6.07, 6.45) is 3.06. The van der Waals surface area contributed by atoms with Gasteiger partial charge in [0.05, 0.1) is 6.61 Å². The van der Waals surface area contributed by atoms with Crippen LogP contribution in [-0.4, -0.2) is 12.4 Å². The standard InChI is InChI=1S/C11H15OS/c12-9-5-2-6-10-13-11-7-3-1-4-8-11/h1,3-4,7-8H,2,5-6,9-10H2. The minimum absolute atomic E-state index is 0.0794. The topological polar surface area (TPSA) is 19.9 Å². The van der Waals surface area contributed by atoms with Crippen molar-refractivity contribution >= 4 is 11.8 Å². The van der Waals surface area contributed by atoms with Crippen LogP contribution in [0.3, 0.4) is 0 Å². The fraction of sp³-hybridized carbons (Fsp3) is 0.455. The van der Waals surface area contributed by atoms with Gasteiger partial charge < -0.3 is 0 Å². The van der Waals surface area contributed by atoms with E-state index >= 15 is 0 Å². The first-order valence-electron chi connectivity index (χ1n) is 4.69. The van der Waals surface area contributed by atoms with E-state index in [2.05, 4.69) is 24.3 Å². The van der Waals surface area contributed by atoms with Gasteiger partial charge in [0.15, 0.2) is 0 Å². The van der Waals surface area contributed by atoms with Crippen molar-refractivity contribution in [3.8, 4) is 0 Å². The third kappa shape index (κ3) is 4.96. The highest BCUT2D eigenvalue weighted by atomic mass is 32.2. The summed E-state index contributed by atoms with van der Waals surface area (Å²) < 4.78 is 0. The predicted octanol–water partition coefficient (Wildman–Crippen LogP) is 3.38. The van der Waals surface area contributed by atoms with Crippen molar-refractivity contribution in [1.82, 2.24) is 0 Å². The monoisotopic (exact) mass is 195 g/mol. The Kier molecular flexibility index (Phi) is 5.70. The molecule has 1 aromatic carbocycles. The second-order valence-electron chi connectivity index (χ2n) is 2.93. The molecule has 1 rings (SSSR count). The van der Waals surface area contributed by atoms with Crippen LogP contribution in [0.25, 0.3) is 0 Å². The number of benzene rings is 1. The van der Waals surface area contributed by atoms with Gasteiger partial charge in [-0.3, -0.25) is 0 Å². The van der Waals surface area contributed by atoms with Crippen LogP contribution in [-0.2, 0) is 5.11 Å². The lowest BCUT2D eigenvalue weighted by Crippen LogP contribution is -1.84. The van der Waals surface area contributed by atoms with Gasteiger partial charge in [-0.2, -0.15) is 0 Å². The lowest BCUT2D eigenvalue weighted by molar-refractivity contribution is 0.186. The van der Waals surface area contributed by atoms with Crippen LogP contribution in [0.1, 0.15) is 19.3 Å². The minimum Gasteiger partial charge on any atom is -0.237 e. The molecule has 0 amide bonds. The number of unbranched alkanes of at least 4 members (excludes halogenated alkanes) is 2. The molecule has 0 aliphatic carbocycles. The van der Waals surface area contributed by atoms with E-state index in [-0.39, 0.29) is 6.61 Å². The summed E-state index contributed by atoms with van der Waals surface area (Å²) in [5, 5.41) is 10.2. The number of hydrogen-bond donors (Lipinski definition) is 0. The molecular formula is C11H15OS. The van der Waals surface area contributed by atoms with Gasteiger partial charge >= 0.3 is 0 Å². The Labute approximate surface area is 84.2 Å². The molecule has 1 aromatic rings. The maximum absolute atomic E-state index is 10.2. The Hall–Kier alpha value is -0.470. The van der Waals surface area contributed by atoms with Gasteiger partial charge in [-0.15, -0.1) is 11.8 Å². The van der Waals surface area contributed by atoms with Gasteiger partial charge in [-0.05, 0) is 30.7 Å². The number of thioether (sulfide) groups is 1. The van der Waals surface area contributed by atoms with E-state index in [1.54, 1.807) is 0 Å². The predicted molar refractivity (Wildman–Crippen MR) is 56.6 cm³/mol. The molecule has 71 valence electrons. The first kappa shape index (κ1) is 10.6. The second kappa shape index (κ2) is 6.98. The largest absolute Gasteiger partial charge is 0.237 e. The zero-order valence-electron chi connectivity index (χ0n) is 7.74. The van der Waals surface area contributed by atoms with Crippen molar-refractivity contribution in [2.24, 2.45) is 0 Å². The van der Waals surface area contributed by atoms with Crippen molar-refractivity contribution in [3.05, 3.63) is 30.3 Å². The van der Waals surface area contributed by atoms with Gasteiger partial charge in [0.2, 0.25) is 0 Å². The van der Waals surface area contributed by atoms with Crippen LogP contribution in [0.15, 0.2) is 35.2 Å². The minimum atomic E-state index is 0.0794. The highest BCUT2D eigenvalue weighted by Gasteiger charge is 1.92. The fourth-order valence-electron chi connectivity index (χ4n) is 1.09. The average molecular weight is 195 g/mol. The van der Waals surface area contributed by atoms with Gasteiger partial charge in [0.1, 0.15) is 0 Å². The van der Waals surface area contributed by atoms with Crippen LogP contribution in [0, 0.1) is 0 Å². The number of hydrogen-bond acceptors (Lipinski definition) is 1. The Bertz CT molecular complexity index is 211. The van der Waals surface area contributed by atoms with E-state index in [1.165, 1.54) is 4.90 Å². The fourth-order valence-corrected chi connectivity index (χ4v) is 2.02. The van der Waals surface area contributed by atoms with Crippen LogP contribution in [0.5, 0.6) is 0 Å². The number of rotatable bonds is 6. The molecule has 0 aliphatic rings. The zero-order valence-corrected chi connectivity index (χ0v) is 8.56. The van der Waals surface area contributed by atoms with E-state index in [1.807, 2.05) is 17.8 Å². The Morgan fingerprint density at radius 3 is 2.46 bits per heavy atom. The van der Waals surface area contributed by atoms with Gasteiger partial charge in [-0.25, -0.2) is 5.11 Å². The molecule has 2 heteroatoms. The Morgan fingerprint density at radius 2 is 1.77 bits per heavy atom. The molecule has 0 N–H and O–H groups in total. The highest BCUT2D eigenvalue weighted by molar-refractivity contribution is 7.99. The smallest absolute Gasteiger partial charge is 0.0822 e. The molecule has 0 aliphatic heterocycles. The third-order valence-corrected chi connectivity index (χ3v) is 2.90. The normalized spacial score (nSPS) is 10.2. The first-order valence-corrected chi connectivity index (χ1v) is 5.68. The molecule has 0 bridgehead atoms. The van der Waals surface area contributed by atoms with Crippen molar-refractivity contribution in [3.63, 3.8) is 0 Å². The molecule has 13 heavy (non-hydrogen) atoms.